The SMILES string of the molecule is CC(=O)c1ccc(N2CCN([C@H](C)C(=O)N[C@@H](C)[C@@H]3C[C@H]4CC[C@H]3C4)CC2)cc1. The fourth-order valence-corrected chi connectivity index (χ4v) is 5.80. The third kappa shape index (κ3) is 4.35. The Morgan fingerprint density at radius 2 is 1.69 bits per heavy atom. The summed E-state index contributed by atoms with van der Waals surface area (Å²) in [7, 11) is 0. The average Bonchev–Trinajstić information content (AvgIpc) is 3.37. The van der Waals surface area contributed by atoms with Gasteiger partial charge in [-0.2, -0.15) is 0 Å². The Labute approximate surface area is 174 Å². The van der Waals surface area contributed by atoms with Gasteiger partial charge in [-0.1, -0.05) is 6.42 Å². The number of hydrogen-bond donors (Lipinski definition) is 1. The Balaban J connectivity index is 1.26. The Kier molecular flexibility index (Phi) is 5.95. The normalized spacial score (nSPS) is 28.9. The predicted octanol–water partition coefficient (Wildman–Crippen LogP) is 3.34. The molecule has 5 nitrogen and oxygen atoms in total. The van der Waals surface area contributed by atoms with Gasteiger partial charge in [0.2, 0.25) is 5.91 Å². The van der Waals surface area contributed by atoms with Crippen molar-refractivity contribution in [1.29, 1.82) is 0 Å². The molecule has 1 N–H and O–H groups in total. The number of piperazine rings is 1. The fraction of sp³-hybridized carbons (Fsp3) is 0.667. The maximum atomic E-state index is 12.9. The number of amides is 1. The number of benzene rings is 1. The first-order valence-corrected chi connectivity index (χ1v) is 11.3. The van der Waals surface area contributed by atoms with Crippen LogP contribution in [0.2, 0.25) is 0 Å². The second-order valence-electron chi connectivity index (χ2n) is 9.44. The van der Waals surface area contributed by atoms with Gasteiger partial charge in [-0.05, 0) is 82.1 Å². The molecule has 5 heteroatoms. The molecule has 0 spiro atoms. The lowest BCUT2D eigenvalue weighted by Crippen LogP contribution is -2.55. The van der Waals surface area contributed by atoms with Crippen molar-refractivity contribution >= 4 is 17.4 Å². The summed E-state index contributed by atoms with van der Waals surface area (Å²) < 4.78 is 0. The van der Waals surface area contributed by atoms with Gasteiger partial charge in [-0.3, -0.25) is 14.5 Å². The molecule has 0 radical (unpaired) electrons. The van der Waals surface area contributed by atoms with Crippen LogP contribution in [-0.2, 0) is 4.79 Å². The average molecular weight is 398 g/mol. The molecule has 1 saturated heterocycles. The monoisotopic (exact) mass is 397 g/mol. The minimum absolute atomic E-state index is 0.0849. The first-order valence-electron chi connectivity index (χ1n) is 11.3. The molecule has 1 aliphatic heterocycles. The van der Waals surface area contributed by atoms with E-state index < -0.39 is 0 Å². The summed E-state index contributed by atoms with van der Waals surface area (Å²) in [5.41, 5.74) is 1.90. The molecule has 0 aromatic heterocycles. The molecule has 2 saturated carbocycles. The standard InChI is InChI=1S/C24H35N3O2/c1-16(23-15-19-4-5-21(23)14-19)25-24(29)17(2)26-10-12-27(13-11-26)22-8-6-20(7-9-22)18(3)28/h6-9,16-17,19,21,23H,4-5,10-15H2,1-3H3,(H,25,29)/t16-,17+,19-,21-,23-/m0/s1. The number of rotatable bonds is 6. The van der Waals surface area contributed by atoms with E-state index >= 15 is 0 Å². The molecule has 1 aromatic rings. The van der Waals surface area contributed by atoms with Crippen LogP contribution in [-0.4, -0.2) is 54.9 Å². The van der Waals surface area contributed by atoms with Crippen LogP contribution in [0.15, 0.2) is 24.3 Å². The number of fused-ring (bicyclic) bond motifs is 2. The molecule has 158 valence electrons. The lowest BCUT2D eigenvalue weighted by molar-refractivity contribution is -0.127. The highest BCUT2D eigenvalue weighted by molar-refractivity contribution is 5.94. The van der Waals surface area contributed by atoms with Crippen molar-refractivity contribution in [3.8, 4) is 0 Å². The quantitative estimate of drug-likeness (QED) is 0.748. The Morgan fingerprint density at radius 1 is 1.00 bits per heavy atom. The van der Waals surface area contributed by atoms with E-state index in [2.05, 4.69) is 22.0 Å². The molecule has 2 aliphatic carbocycles. The number of nitrogens with zero attached hydrogens (tertiary/aromatic N) is 2. The van der Waals surface area contributed by atoms with Gasteiger partial charge in [0.25, 0.3) is 0 Å². The third-order valence-corrected chi connectivity index (χ3v) is 7.69. The van der Waals surface area contributed by atoms with Gasteiger partial charge < -0.3 is 10.2 Å². The number of hydrogen-bond acceptors (Lipinski definition) is 4. The van der Waals surface area contributed by atoms with Gasteiger partial charge in [-0.25, -0.2) is 0 Å². The first-order chi connectivity index (χ1) is 13.9. The number of anilines is 1. The second-order valence-corrected chi connectivity index (χ2v) is 9.44. The smallest absolute Gasteiger partial charge is 0.237 e. The summed E-state index contributed by atoms with van der Waals surface area (Å²) in [6.07, 6.45) is 5.46. The van der Waals surface area contributed by atoms with Crippen LogP contribution in [0.5, 0.6) is 0 Å². The minimum Gasteiger partial charge on any atom is -0.369 e. The highest BCUT2D eigenvalue weighted by Crippen LogP contribution is 2.49. The molecule has 5 atom stereocenters. The zero-order valence-electron chi connectivity index (χ0n) is 18.1. The number of nitrogens with one attached hydrogen (secondary N) is 1. The van der Waals surface area contributed by atoms with Gasteiger partial charge >= 0.3 is 0 Å². The topological polar surface area (TPSA) is 52.7 Å². The molecule has 1 heterocycles. The van der Waals surface area contributed by atoms with Crippen LogP contribution in [0.3, 0.4) is 0 Å². The molecule has 4 rings (SSSR count). The van der Waals surface area contributed by atoms with Crippen molar-refractivity contribution in [3.05, 3.63) is 29.8 Å². The van der Waals surface area contributed by atoms with Crippen LogP contribution in [0.4, 0.5) is 5.69 Å². The van der Waals surface area contributed by atoms with Gasteiger partial charge in [0, 0.05) is 43.5 Å². The van der Waals surface area contributed by atoms with Gasteiger partial charge in [0.05, 0.1) is 6.04 Å². The van der Waals surface area contributed by atoms with Crippen LogP contribution >= 0.6 is 0 Å². The lowest BCUT2D eigenvalue weighted by Gasteiger charge is -2.39. The van der Waals surface area contributed by atoms with Crippen LogP contribution in [0.1, 0.15) is 56.8 Å². The lowest BCUT2D eigenvalue weighted by atomic mass is 9.84. The fourth-order valence-electron chi connectivity index (χ4n) is 5.80. The van der Waals surface area contributed by atoms with Crippen molar-refractivity contribution < 1.29 is 9.59 Å². The van der Waals surface area contributed by atoms with E-state index in [0.29, 0.717) is 12.0 Å². The minimum atomic E-state index is -0.0849. The molecular weight excluding hydrogens is 362 g/mol. The summed E-state index contributed by atoms with van der Waals surface area (Å²) in [5, 5.41) is 3.34. The van der Waals surface area contributed by atoms with Crippen LogP contribution in [0.25, 0.3) is 0 Å². The highest BCUT2D eigenvalue weighted by Gasteiger charge is 2.42. The molecular formula is C24H35N3O2. The van der Waals surface area contributed by atoms with Gasteiger partial charge in [-0.15, -0.1) is 0 Å². The van der Waals surface area contributed by atoms with E-state index in [1.165, 1.54) is 25.7 Å². The Hall–Kier alpha value is -1.88. The van der Waals surface area contributed by atoms with E-state index in [0.717, 1.165) is 49.3 Å². The van der Waals surface area contributed by atoms with E-state index in [-0.39, 0.29) is 17.7 Å². The third-order valence-electron chi connectivity index (χ3n) is 7.69. The second kappa shape index (κ2) is 8.47. The Morgan fingerprint density at radius 3 is 2.24 bits per heavy atom. The van der Waals surface area contributed by atoms with Crippen LogP contribution < -0.4 is 10.2 Å². The zero-order chi connectivity index (χ0) is 20.5. The van der Waals surface area contributed by atoms with E-state index in [1.807, 2.05) is 31.2 Å². The molecule has 29 heavy (non-hydrogen) atoms. The van der Waals surface area contributed by atoms with Crippen molar-refractivity contribution in [3.63, 3.8) is 0 Å². The van der Waals surface area contributed by atoms with E-state index in [4.69, 9.17) is 0 Å². The van der Waals surface area contributed by atoms with Crippen molar-refractivity contribution in [2.24, 2.45) is 17.8 Å². The molecule has 3 fully saturated rings. The molecule has 0 unspecified atom stereocenters. The number of Topliss-reactive ketones (excluding diaryl/α,β-unsaturated/α-hetero) is 1. The maximum absolute atomic E-state index is 12.9. The van der Waals surface area contributed by atoms with Crippen molar-refractivity contribution in [2.75, 3.05) is 31.1 Å². The van der Waals surface area contributed by atoms with Crippen LogP contribution in [0, 0.1) is 17.8 Å². The zero-order valence-corrected chi connectivity index (χ0v) is 18.1. The van der Waals surface area contributed by atoms with Crippen molar-refractivity contribution in [2.45, 2.75) is 58.5 Å². The number of carbonyl (C=O) groups excluding carboxylic acids is 2. The van der Waals surface area contributed by atoms with Gasteiger partial charge in [0.1, 0.15) is 0 Å². The summed E-state index contributed by atoms with van der Waals surface area (Å²) in [5.74, 6) is 2.71. The summed E-state index contributed by atoms with van der Waals surface area (Å²) in [6.45, 7) is 9.41. The van der Waals surface area contributed by atoms with E-state index in [1.54, 1.807) is 6.92 Å². The number of ketones is 1. The first kappa shape index (κ1) is 20.4. The largest absolute Gasteiger partial charge is 0.369 e. The summed E-state index contributed by atoms with van der Waals surface area (Å²) >= 11 is 0. The molecule has 3 aliphatic rings. The van der Waals surface area contributed by atoms with Crippen molar-refractivity contribution in [1.82, 2.24) is 10.2 Å². The molecule has 1 amide bonds. The van der Waals surface area contributed by atoms with E-state index in [9.17, 15) is 9.59 Å². The number of carbonyl (C=O) groups is 2. The maximum Gasteiger partial charge on any atom is 0.237 e. The van der Waals surface area contributed by atoms with Gasteiger partial charge in [0.15, 0.2) is 5.78 Å². The highest BCUT2D eigenvalue weighted by atomic mass is 16.2. The summed E-state index contributed by atoms with van der Waals surface area (Å²) in [6, 6.07) is 8.06. The summed E-state index contributed by atoms with van der Waals surface area (Å²) in [4.78, 5) is 29.0. The Bertz CT molecular complexity index is 739. The molecule has 2 bridgehead atoms. The molecule has 1 aromatic carbocycles. The predicted molar refractivity (Wildman–Crippen MR) is 116 cm³/mol.